The van der Waals surface area contributed by atoms with Crippen LogP contribution < -0.4 is 5.73 Å². The lowest BCUT2D eigenvalue weighted by molar-refractivity contribution is 0.110. The molecule has 208 valence electrons. The molecule has 0 aromatic rings. The Labute approximate surface area is 214 Å². The Balaban J connectivity index is 0. The highest BCUT2D eigenvalue weighted by Crippen LogP contribution is 2.44. The molecule has 0 rings (SSSR count). The smallest absolute Gasteiger partial charge is 0.330 e. The molecule has 34 heavy (non-hydrogen) atoms. The quantitative estimate of drug-likeness (QED) is 0.100. The van der Waals surface area contributed by atoms with Gasteiger partial charge in [-0.3, -0.25) is 9.05 Å². The van der Waals surface area contributed by atoms with Crippen molar-refractivity contribution in [3.8, 4) is 0 Å². The lowest BCUT2D eigenvalue weighted by Crippen LogP contribution is -2.12. The molecule has 0 aromatic carbocycles. The maximum atomic E-state index is 11.9. The summed E-state index contributed by atoms with van der Waals surface area (Å²) in [5.41, 5.74) is 5.42. The van der Waals surface area contributed by atoms with Crippen LogP contribution in [0.5, 0.6) is 0 Å². The summed E-state index contributed by atoms with van der Waals surface area (Å²) in [7, 11) is -3.89. The topological polar surface area (TPSA) is 81.8 Å². The molecule has 0 radical (unpaired) electrons. The van der Waals surface area contributed by atoms with Gasteiger partial charge in [-0.15, -0.1) is 0 Å². The van der Waals surface area contributed by atoms with Gasteiger partial charge in [-0.1, -0.05) is 131 Å². The summed E-state index contributed by atoms with van der Waals surface area (Å²) in [5, 5.41) is 0. The van der Waals surface area contributed by atoms with Crippen LogP contribution in [-0.2, 0) is 13.6 Å². The number of hydrogen-bond acceptors (Lipinski definition) is 4. The van der Waals surface area contributed by atoms with E-state index in [0.29, 0.717) is 25.0 Å². The monoisotopic (exact) mass is 507 g/mol. The fourth-order valence-electron chi connectivity index (χ4n) is 3.86. The van der Waals surface area contributed by atoms with Crippen LogP contribution in [0.1, 0.15) is 150 Å². The zero-order chi connectivity index (χ0) is 25.9. The van der Waals surface area contributed by atoms with E-state index in [1.165, 1.54) is 64.2 Å². The van der Waals surface area contributed by atoms with Crippen LogP contribution in [0, 0.1) is 11.8 Å². The molecule has 0 aromatic heterocycles. The van der Waals surface area contributed by atoms with E-state index in [4.69, 9.17) is 14.8 Å². The van der Waals surface area contributed by atoms with E-state index in [2.05, 4.69) is 34.6 Å². The number of phosphoric acid groups is 1. The number of hydrogen-bond donors (Lipinski definition) is 2. The van der Waals surface area contributed by atoms with Crippen molar-refractivity contribution < 1.29 is 18.5 Å². The van der Waals surface area contributed by atoms with Crippen molar-refractivity contribution in [3.05, 3.63) is 0 Å². The zero-order valence-corrected chi connectivity index (χ0v) is 24.6. The van der Waals surface area contributed by atoms with Crippen molar-refractivity contribution in [2.24, 2.45) is 17.6 Å². The zero-order valence-electron chi connectivity index (χ0n) is 23.7. The molecule has 3 N–H and O–H groups in total. The lowest BCUT2D eigenvalue weighted by Gasteiger charge is -2.20. The summed E-state index contributed by atoms with van der Waals surface area (Å²) in [4.78, 5) is 9.77. The van der Waals surface area contributed by atoms with E-state index >= 15 is 0 Å². The van der Waals surface area contributed by atoms with Gasteiger partial charge in [0.25, 0.3) is 0 Å². The van der Waals surface area contributed by atoms with Gasteiger partial charge in [0, 0.05) is 0 Å². The Morgan fingerprint density at radius 1 is 0.618 bits per heavy atom. The predicted octanol–water partition coefficient (Wildman–Crippen LogP) is 9.42. The Bertz CT molecular complexity index is 403. The van der Waals surface area contributed by atoms with Gasteiger partial charge in [-0.05, 0) is 37.6 Å². The van der Waals surface area contributed by atoms with Crippen molar-refractivity contribution in [2.75, 3.05) is 19.8 Å². The summed E-state index contributed by atoms with van der Waals surface area (Å²) < 4.78 is 22.2. The van der Waals surface area contributed by atoms with Crippen LogP contribution in [0.2, 0.25) is 0 Å². The van der Waals surface area contributed by atoms with E-state index in [9.17, 15) is 9.46 Å². The Morgan fingerprint density at radius 2 is 0.971 bits per heavy atom. The van der Waals surface area contributed by atoms with Crippen molar-refractivity contribution in [1.29, 1.82) is 0 Å². The minimum Gasteiger partial charge on any atom is -0.330 e. The molecule has 2 atom stereocenters. The maximum absolute atomic E-state index is 11.9. The van der Waals surface area contributed by atoms with Crippen LogP contribution in [0.25, 0.3) is 0 Å². The molecule has 0 bridgehead atoms. The van der Waals surface area contributed by atoms with E-state index in [1.54, 1.807) is 0 Å². The van der Waals surface area contributed by atoms with Crippen molar-refractivity contribution in [3.63, 3.8) is 0 Å². The van der Waals surface area contributed by atoms with Gasteiger partial charge in [-0.2, -0.15) is 0 Å². The summed E-state index contributed by atoms with van der Waals surface area (Å²) in [6.45, 7) is 12.2. The molecule has 0 spiro atoms. The lowest BCUT2D eigenvalue weighted by atomic mass is 10.0. The number of phosphoric ester groups is 1. The Hall–Kier alpha value is 0.0700. The van der Waals surface area contributed by atoms with E-state index in [-0.39, 0.29) is 0 Å². The summed E-state index contributed by atoms with van der Waals surface area (Å²) in [6, 6.07) is 0. The minimum absolute atomic E-state index is 0.316. The first-order valence-electron chi connectivity index (χ1n) is 14.7. The Morgan fingerprint density at radius 3 is 1.29 bits per heavy atom. The van der Waals surface area contributed by atoms with Crippen LogP contribution in [0.4, 0.5) is 0 Å². The first kappa shape index (κ1) is 36.2. The van der Waals surface area contributed by atoms with E-state index in [1.807, 2.05) is 0 Å². The van der Waals surface area contributed by atoms with Crippen molar-refractivity contribution in [1.82, 2.24) is 0 Å². The largest absolute Gasteiger partial charge is 0.472 e. The first-order valence-corrected chi connectivity index (χ1v) is 16.2. The molecular weight excluding hydrogens is 445 g/mol. The number of nitrogens with two attached hydrogens (primary N) is 1. The van der Waals surface area contributed by atoms with Crippen molar-refractivity contribution >= 4 is 7.82 Å². The van der Waals surface area contributed by atoms with Gasteiger partial charge in [0.05, 0.1) is 13.2 Å². The van der Waals surface area contributed by atoms with Crippen LogP contribution in [0.3, 0.4) is 0 Å². The van der Waals surface area contributed by atoms with Crippen LogP contribution in [-0.4, -0.2) is 24.7 Å². The third-order valence-electron chi connectivity index (χ3n) is 6.59. The summed E-state index contributed by atoms with van der Waals surface area (Å²) in [5.74, 6) is 0.687. The highest BCUT2D eigenvalue weighted by molar-refractivity contribution is 7.47. The molecule has 0 heterocycles. The normalized spacial score (nSPS) is 14.8. The second kappa shape index (κ2) is 27.7. The summed E-state index contributed by atoms with van der Waals surface area (Å²) >= 11 is 0. The molecule has 0 aliphatic carbocycles. The standard InChI is InChI=1S/C16H35O4P.C12H27N/c1-5-9-11-15(7-3)13-19-21(17,18)20-14-16(8-4)12-10-6-2;1-2-3-4-5-6-7-8-9-10-11-12-13/h15-16H,5-14H2,1-4H3,(H,17,18);2-13H2,1H3. The highest BCUT2D eigenvalue weighted by Gasteiger charge is 2.24. The molecule has 0 saturated carbocycles. The third-order valence-corrected chi connectivity index (χ3v) is 7.54. The fourth-order valence-corrected chi connectivity index (χ4v) is 4.74. The second-order valence-electron chi connectivity index (χ2n) is 9.86. The molecule has 0 aliphatic heterocycles. The van der Waals surface area contributed by atoms with Gasteiger partial charge in [-0.25, -0.2) is 4.57 Å². The van der Waals surface area contributed by atoms with Gasteiger partial charge in [0.1, 0.15) is 0 Å². The fraction of sp³-hybridized carbons (Fsp3) is 1.00. The molecule has 0 amide bonds. The average molecular weight is 508 g/mol. The molecule has 0 fully saturated rings. The molecule has 0 aliphatic rings. The van der Waals surface area contributed by atoms with Crippen LogP contribution >= 0.6 is 7.82 Å². The van der Waals surface area contributed by atoms with E-state index in [0.717, 1.165) is 57.9 Å². The van der Waals surface area contributed by atoms with E-state index < -0.39 is 7.82 Å². The Kier molecular flexibility index (Phi) is 29.5. The number of unbranched alkanes of at least 4 members (excludes halogenated alkanes) is 11. The van der Waals surface area contributed by atoms with Crippen LogP contribution in [0.15, 0.2) is 0 Å². The molecule has 0 saturated heterocycles. The predicted molar refractivity (Wildman–Crippen MR) is 149 cm³/mol. The molecule has 5 nitrogen and oxygen atoms in total. The van der Waals surface area contributed by atoms with Crippen molar-refractivity contribution in [2.45, 2.75) is 150 Å². The minimum atomic E-state index is -3.89. The van der Waals surface area contributed by atoms with Gasteiger partial charge in [0.15, 0.2) is 0 Å². The highest BCUT2D eigenvalue weighted by atomic mass is 31.2. The summed E-state index contributed by atoms with van der Waals surface area (Å²) in [6.07, 6.45) is 22.5. The van der Waals surface area contributed by atoms with Gasteiger partial charge in [0.2, 0.25) is 0 Å². The maximum Gasteiger partial charge on any atom is 0.472 e. The number of rotatable bonds is 24. The SMILES string of the molecule is CCCCC(CC)COP(=O)(O)OCC(CC)CCCC.CCCCCCCCCCCCN. The molecular formula is C28H62NO4P. The first-order chi connectivity index (χ1) is 16.4. The molecule has 2 unspecified atom stereocenters. The van der Waals surface area contributed by atoms with Gasteiger partial charge >= 0.3 is 7.82 Å². The average Bonchev–Trinajstić information content (AvgIpc) is 2.83. The second-order valence-corrected chi connectivity index (χ2v) is 11.3. The van der Waals surface area contributed by atoms with Gasteiger partial charge < -0.3 is 10.6 Å². The molecule has 6 heteroatoms. The third kappa shape index (κ3) is 26.7.